The van der Waals surface area contributed by atoms with Crippen molar-refractivity contribution in [3.8, 4) is 6.07 Å². The summed E-state index contributed by atoms with van der Waals surface area (Å²) in [5.74, 6) is -5.62. The monoisotopic (exact) mass is 554 g/mol. The molecule has 5 nitrogen and oxygen atoms in total. The first-order chi connectivity index (χ1) is 18.2. The number of halogens is 2. The van der Waals surface area contributed by atoms with Crippen molar-refractivity contribution in [1.82, 2.24) is 5.32 Å². The van der Waals surface area contributed by atoms with Gasteiger partial charge < -0.3 is 5.32 Å². The molecule has 1 amide bonds. The van der Waals surface area contributed by atoms with Gasteiger partial charge in [-0.25, -0.2) is 0 Å². The van der Waals surface area contributed by atoms with Crippen LogP contribution in [0, 0.1) is 56.2 Å². The van der Waals surface area contributed by atoms with E-state index in [2.05, 4.69) is 46.0 Å². The number of carbonyl (C=O) groups is 3. The van der Waals surface area contributed by atoms with Crippen molar-refractivity contribution in [2.24, 2.45) is 44.8 Å². The van der Waals surface area contributed by atoms with E-state index < -0.39 is 44.9 Å². The Kier molecular flexibility index (Phi) is 6.09. The van der Waals surface area contributed by atoms with Gasteiger partial charge in [-0.15, -0.1) is 0 Å². The van der Waals surface area contributed by atoms with Crippen LogP contribution in [0.3, 0.4) is 0 Å². The lowest BCUT2D eigenvalue weighted by atomic mass is 9.35. The van der Waals surface area contributed by atoms with Gasteiger partial charge in [-0.05, 0) is 79.1 Å². The van der Waals surface area contributed by atoms with Crippen molar-refractivity contribution in [1.29, 1.82) is 5.26 Å². The Labute approximate surface area is 237 Å². The predicted molar refractivity (Wildman–Crippen MR) is 148 cm³/mol. The zero-order chi connectivity index (χ0) is 29.9. The molecule has 218 valence electrons. The number of amides is 1. The van der Waals surface area contributed by atoms with E-state index in [-0.39, 0.29) is 34.4 Å². The standard InChI is InChI=1S/C33H44F2N2O3/c1-27(2)11-13-33(37-26(40)32(8,34)35)14-12-31(7)24(20(33)17-27)21(38)15-23-29(5)16-19(18-36)25(39)28(3,4)22(29)9-10-30(23,31)6/h15-16,20,22,24H,9-14,17H2,1-8H3,(H,37,40)/t20-,22-,24?,29-,30+,31+,33-/m0/s1. The van der Waals surface area contributed by atoms with Gasteiger partial charge in [0.2, 0.25) is 0 Å². The van der Waals surface area contributed by atoms with Gasteiger partial charge in [0.15, 0.2) is 11.6 Å². The number of allylic oxidation sites excluding steroid dienone is 4. The van der Waals surface area contributed by atoms with Crippen LogP contribution in [0.1, 0.15) is 100 Å². The van der Waals surface area contributed by atoms with Crippen molar-refractivity contribution in [2.45, 2.75) is 112 Å². The number of carbonyl (C=O) groups excluding carboxylic acids is 3. The molecule has 0 aliphatic heterocycles. The lowest BCUT2D eigenvalue weighted by Gasteiger charge is -2.69. The highest BCUT2D eigenvalue weighted by Crippen LogP contribution is 2.73. The first kappa shape index (κ1) is 29.1. The van der Waals surface area contributed by atoms with E-state index >= 15 is 0 Å². The summed E-state index contributed by atoms with van der Waals surface area (Å²) in [4.78, 5) is 40.3. The fourth-order valence-electron chi connectivity index (χ4n) is 10.2. The molecule has 7 heteroatoms. The third kappa shape index (κ3) is 3.69. The SMILES string of the molecule is CC1(C)CC[C@]2(NC(=O)C(C)(F)F)CC[C@]3(C)C(C(=O)C=C4[C@@]5(C)C=C(C#N)C(=O)C(C)(C)[C@@H]5CC[C@]43C)[C@@H]2C1. The number of nitriles is 1. The minimum Gasteiger partial charge on any atom is -0.345 e. The third-order valence-electron chi connectivity index (χ3n) is 12.6. The van der Waals surface area contributed by atoms with Crippen molar-refractivity contribution >= 4 is 17.5 Å². The molecule has 0 radical (unpaired) electrons. The molecule has 0 aromatic rings. The fraction of sp³-hybridized carbons (Fsp3) is 0.758. The molecular weight excluding hydrogens is 510 g/mol. The quantitative estimate of drug-likeness (QED) is 0.410. The summed E-state index contributed by atoms with van der Waals surface area (Å²) in [6.45, 7) is 15.3. The fourth-order valence-corrected chi connectivity index (χ4v) is 10.2. The second-order valence-corrected chi connectivity index (χ2v) is 15.8. The summed E-state index contributed by atoms with van der Waals surface area (Å²) in [5.41, 5.74) is -1.98. The Bertz CT molecular complexity index is 1300. The summed E-state index contributed by atoms with van der Waals surface area (Å²) in [5, 5.41) is 12.7. The zero-order valence-electron chi connectivity index (χ0n) is 25.3. The molecule has 3 fully saturated rings. The molecule has 0 aromatic carbocycles. The Morgan fingerprint density at radius 3 is 2.25 bits per heavy atom. The Morgan fingerprint density at radius 1 is 1.02 bits per heavy atom. The second-order valence-electron chi connectivity index (χ2n) is 15.8. The molecule has 1 unspecified atom stereocenters. The van der Waals surface area contributed by atoms with Crippen molar-refractivity contribution in [2.75, 3.05) is 0 Å². The van der Waals surface area contributed by atoms with Crippen LogP contribution in [0.4, 0.5) is 8.78 Å². The topological polar surface area (TPSA) is 87.0 Å². The maximum Gasteiger partial charge on any atom is 0.321 e. The van der Waals surface area contributed by atoms with Crippen LogP contribution < -0.4 is 5.32 Å². The Morgan fingerprint density at radius 2 is 1.65 bits per heavy atom. The molecule has 5 rings (SSSR count). The smallest absolute Gasteiger partial charge is 0.321 e. The summed E-state index contributed by atoms with van der Waals surface area (Å²) < 4.78 is 28.3. The lowest BCUT2D eigenvalue weighted by molar-refractivity contribution is -0.168. The first-order valence-electron chi connectivity index (χ1n) is 14.8. The van der Waals surface area contributed by atoms with Crippen LogP contribution in [0.5, 0.6) is 0 Å². The Hall–Kier alpha value is -2.36. The number of fused-ring (bicyclic) bond motifs is 7. The number of Topliss-reactive ketones (excluding diaryl/α,β-unsaturated/α-hetero) is 1. The molecule has 0 saturated heterocycles. The molecule has 5 aliphatic rings. The van der Waals surface area contributed by atoms with E-state index in [1.807, 2.05) is 19.9 Å². The normalized spacial score (nSPS) is 43.6. The molecule has 0 heterocycles. The molecule has 40 heavy (non-hydrogen) atoms. The molecule has 7 atom stereocenters. The van der Waals surface area contributed by atoms with Gasteiger partial charge >= 0.3 is 5.92 Å². The Balaban J connectivity index is 1.67. The largest absolute Gasteiger partial charge is 0.345 e. The molecular formula is C33H44F2N2O3. The molecule has 0 bridgehead atoms. The first-order valence-corrected chi connectivity index (χ1v) is 14.8. The number of rotatable bonds is 2. The van der Waals surface area contributed by atoms with Gasteiger partial charge in [0.05, 0.1) is 5.57 Å². The zero-order valence-corrected chi connectivity index (χ0v) is 25.3. The highest BCUT2D eigenvalue weighted by atomic mass is 19.3. The highest BCUT2D eigenvalue weighted by molar-refractivity contribution is 6.04. The van der Waals surface area contributed by atoms with E-state index in [0.29, 0.717) is 32.6 Å². The van der Waals surface area contributed by atoms with Crippen molar-refractivity contribution in [3.63, 3.8) is 0 Å². The molecule has 3 saturated carbocycles. The van der Waals surface area contributed by atoms with Gasteiger partial charge in [0, 0.05) is 29.2 Å². The van der Waals surface area contributed by atoms with Gasteiger partial charge in [-0.3, -0.25) is 14.4 Å². The number of ketones is 2. The molecule has 1 N–H and O–H groups in total. The highest BCUT2D eigenvalue weighted by Gasteiger charge is 2.70. The predicted octanol–water partition coefficient (Wildman–Crippen LogP) is 6.73. The van der Waals surface area contributed by atoms with Crippen LogP contribution in [0.2, 0.25) is 0 Å². The lowest BCUT2D eigenvalue weighted by Crippen LogP contribution is -2.70. The minimum absolute atomic E-state index is 0.0113. The number of nitrogens with zero attached hydrogens (tertiary/aromatic N) is 1. The van der Waals surface area contributed by atoms with Gasteiger partial charge in [0.1, 0.15) is 6.07 Å². The van der Waals surface area contributed by atoms with E-state index in [4.69, 9.17) is 0 Å². The van der Waals surface area contributed by atoms with Gasteiger partial charge in [-0.2, -0.15) is 14.0 Å². The van der Waals surface area contributed by atoms with E-state index in [0.717, 1.165) is 24.8 Å². The average Bonchev–Trinajstić information content (AvgIpc) is 2.83. The van der Waals surface area contributed by atoms with Crippen LogP contribution >= 0.6 is 0 Å². The molecule has 0 aromatic heterocycles. The minimum atomic E-state index is -3.49. The van der Waals surface area contributed by atoms with Crippen LogP contribution in [-0.4, -0.2) is 28.9 Å². The van der Waals surface area contributed by atoms with E-state index in [9.17, 15) is 28.4 Å². The molecule has 5 aliphatic carbocycles. The summed E-state index contributed by atoms with van der Waals surface area (Å²) in [6, 6.07) is 2.13. The van der Waals surface area contributed by atoms with Crippen LogP contribution in [0.15, 0.2) is 23.3 Å². The number of hydrogen-bond donors (Lipinski definition) is 1. The van der Waals surface area contributed by atoms with E-state index in [1.54, 1.807) is 6.08 Å². The van der Waals surface area contributed by atoms with E-state index in [1.165, 1.54) is 0 Å². The van der Waals surface area contributed by atoms with Crippen molar-refractivity contribution < 1.29 is 23.2 Å². The molecule has 0 spiro atoms. The average molecular weight is 555 g/mol. The number of alkyl halides is 2. The third-order valence-corrected chi connectivity index (χ3v) is 12.6. The van der Waals surface area contributed by atoms with Crippen LogP contribution in [0.25, 0.3) is 0 Å². The summed E-state index contributed by atoms with van der Waals surface area (Å²) in [7, 11) is 0. The van der Waals surface area contributed by atoms with Gasteiger partial charge in [0.25, 0.3) is 5.91 Å². The van der Waals surface area contributed by atoms with Crippen molar-refractivity contribution in [3.05, 3.63) is 23.3 Å². The van der Waals surface area contributed by atoms with Crippen LogP contribution in [-0.2, 0) is 14.4 Å². The number of nitrogens with one attached hydrogen (secondary N) is 1. The maximum atomic E-state index is 14.4. The number of hydrogen-bond acceptors (Lipinski definition) is 4. The summed E-state index contributed by atoms with van der Waals surface area (Å²) >= 11 is 0. The maximum absolute atomic E-state index is 14.4. The second kappa shape index (κ2) is 8.35. The summed E-state index contributed by atoms with van der Waals surface area (Å²) in [6.07, 6.45) is 8.42. The van der Waals surface area contributed by atoms with Gasteiger partial charge in [-0.1, -0.05) is 60.1 Å².